The molecule has 0 fully saturated rings. The number of allylic oxidation sites excluding steroid dienone is 1. The molecular weight excluding hydrogens is 149 g/mol. The lowest BCUT2D eigenvalue weighted by atomic mass is 9.98. The number of hydrogen-bond acceptors (Lipinski definition) is 2. The standard InChI is InChI=1S/C7H12FNO2/c1-2-3-4-7(9,5-8)6(10)11/h2-3H,4-5,9H2,1H3,(H,10,11). The summed E-state index contributed by atoms with van der Waals surface area (Å²) in [5.41, 5.74) is 3.46. The average molecular weight is 161 g/mol. The smallest absolute Gasteiger partial charge is 0.326 e. The minimum absolute atomic E-state index is 0.0231. The molecule has 0 saturated heterocycles. The molecule has 0 aromatic carbocycles. The Morgan fingerprint density at radius 1 is 1.82 bits per heavy atom. The third-order valence-electron chi connectivity index (χ3n) is 1.38. The van der Waals surface area contributed by atoms with Crippen molar-refractivity contribution in [2.75, 3.05) is 6.67 Å². The highest BCUT2D eigenvalue weighted by Gasteiger charge is 2.32. The molecule has 0 aliphatic carbocycles. The van der Waals surface area contributed by atoms with Crippen molar-refractivity contribution in [1.29, 1.82) is 0 Å². The molecule has 0 aliphatic rings. The summed E-state index contributed by atoms with van der Waals surface area (Å²) in [5, 5.41) is 8.46. The molecule has 0 heterocycles. The number of halogens is 1. The van der Waals surface area contributed by atoms with Crippen molar-refractivity contribution in [3.8, 4) is 0 Å². The van der Waals surface area contributed by atoms with E-state index in [1.165, 1.54) is 6.08 Å². The third-order valence-corrected chi connectivity index (χ3v) is 1.38. The Kier molecular flexibility index (Phi) is 3.74. The van der Waals surface area contributed by atoms with Crippen LogP contribution in [0.15, 0.2) is 12.2 Å². The van der Waals surface area contributed by atoms with Crippen LogP contribution in [0.1, 0.15) is 13.3 Å². The normalized spacial score (nSPS) is 16.6. The van der Waals surface area contributed by atoms with Crippen LogP contribution in [-0.2, 0) is 4.79 Å². The first-order valence-corrected chi connectivity index (χ1v) is 3.26. The van der Waals surface area contributed by atoms with Gasteiger partial charge in [0.15, 0.2) is 0 Å². The van der Waals surface area contributed by atoms with Crippen molar-refractivity contribution in [2.45, 2.75) is 18.9 Å². The maximum Gasteiger partial charge on any atom is 0.326 e. The van der Waals surface area contributed by atoms with Crippen LogP contribution >= 0.6 is 0 Å². The van der Waals surface area contributed by atoms with E-state index in [0.717, 1.165) is 0 Å². The molecule has 0 rings (SSSR count). The molecule has 4 heteroatoms. The largest absolute Gasteiger partial charge is 0.480 e. The summed E-state index contributed by atoms with van der Waals surface area (Å²) in [7, 11) is 0. The number of carbonyl (C=O) groups is 1. The van der Waals surface area contributed by atoms with Crippen LogP contribution in [0.25, 0.3) is 0 Å². The molecule has 3 nitrogen and oxygen atoms in total. The fourth-order valence-electron chi connectivity index (χ4n) is 0.527. The monoisotopic (exact) mass is 161 g/mol. The van der Waals surface area contributed by atoms with Gasteiger partial charge in [-0.25, -0.2) is 4.39 Å². The topological polar surface area (TPSA) is 63.3 Å². The highest BCUT2D eigenvalue weighted by Crippen LogP contribution is 2.08. The summed E-state index contributed by atoms with van der Waals surface area (Å²) >= 11 is 0. The van der Waals surface area contributed by atoms with E-state index in [0.29, 0.717) is 0 Å². The van der Waals surface area contributed by atoms with Gasteiger partial charge in [0.25, 0.3) is 0 Å². The van der Waals surface area contributed by atoms with Crippen molar-refractivity contribution < 1.29 is 14.3 Å². The lowest BCUT2D eigenvalue weighted by Crippen LogP contribution is -2.49. The molecule has 11 heavy (non-hydrogen) atoms. The Hall–Kier alpha value is -0.900. The molecule has 0 radical (unpaired) electrons. The van der Waals surface area contributed by atoms with Gasteiger partial charge < -0.3 is 10.8 Å². The van der Waals surface area contributed by atoms with Crippen molar-refractivity contribution >= 4 is 5.97 Å². The van der Waals surface area contributed by atoms with Crippen LogP contribution in [0.5, 0.6) is 0 Å². The van der Waals surface area contributed by atoms with Crippen molar-refractivity contribution in [3.05, 3.63) is 12.2 Å². The molecule has 1 unspecified atom stereocenters. The zero-order valence-corrected chi connectivity index (χ0v) is 6.38. The van der Waals surface area contributed by atoms with Crippen molar-refractivity contribution in [1.82, 2.24) is 0 Å². The number of carboxylic acids is 1. The second-order valence-corrected chi connectivity index (χ2v) is 2.37. The zero-order chi connectivity index (χ0) is 8.91. The van der Waals surface area contributed by atoms with Gasteiger partial charge >= 0.3 is 5.97 Å². The van der Waals surface area contributed by atoms with Gasteiger partial charge in [0.05, 0.1) is 0 Å². The fourth-order valence-corrected chi connectivity index (χ4v) is 0.527. The maximum atomic E-state index is 12.1. The van der Waals surface area contributed by atoms with Crippen LogP contribution in [0.2, 0.25) is 0 Å². The van der Waals surface area contributed by atoms with Gasteiger partial charge in [-0.3, -0.25) is 4.79 Å². The van der Waals surface area contributed by atoms with E-state index in [9.17, 15) is 9.18 Å². The molecule has 0 bridgehead atoms. The summed E-state index contributed by atoms with van der Waals surface area (Å²) in [6.07, 6.45) is 3.20. The highest BCUT2D eigenvalue weighted by molar-refractivity contribution is 5.78. The zero-order valence-electron chi connectivity index (χ0n) is 6.38. The van der Waals surface area contributed by atoms with E-state index in [4.69, 9.17) is 10.8 Å². The van der Waals surface area contributed by atoms with Gasteiger partial charge in [0.2, 0.25) is 0 Å². The number of carboxylic acid groups (broad SMARTS) is 1. The van der Waals surface area contributed by atoms with Crippen LogP contribution in [-0.4, -0.2) is 23.3 Å². The number of alkyl halides is 1. The van der Waals surface area contributed by atoms with E-state index in [1.807, 2.05) is 0 Å². The summed E-state index contributed by atoms with van der Waals surface area (Å²) in [6, 6.07) is 0. The fraction of sp³-hybridized carbons (Fsp3) is 0.571. The van der Waals surface area contributed by atoms with E-state index in [2.05, 4.69) is 0 Å². The van der Waals surface area contributed by atoms with E-state index >= 15 is 0 Å². The van der Waals surface area contributed by atoms with Gasteiger partial charge in [-0.2, -0.15) is 0 Å². The summed E-state index contributed by atoms with van der Waals surface area (Å²) < 4.78 is 12.1. The average Bonchev–Trinajstić information content (AvgIpc) is 2.00. The van der Waals surface area contributed by atoms with Gasteiger partial charge in [0.1, 0.15) is 12.2 Å². The van der Waals surface area contributed by atoms with Gasteiger partial charge in [0, 0.05) is 0 Å². The molecule has 0 amide bonds. The van der Waals surface area contributed by atoms with E-state index < -0.39 is 18.2 Å². The molecule has 0 spiro atoms. The van der Waals surface area contributed by atoms with Crippen molar-refractivity contribution in [2.24, 2.45) is 5.73 Å². The lowest BCUT2D eigenvalue weighted by Gasteiger charge is -2.18. The minimum atomic E-state index is -1.74. The second kappa shape index (κ2) is 4.08. The molecule has 0 aromatic heterocycles. The molecule has 0 saturated carbocycles. The number of hydrogen-bond donors (Lipinski definition) is 2. The minimum Gasteiger partial charge on any atom is -0.480 e. The molecule has 64 valence electrons. The second-order valence-electron chi connectivity index (χ2n) is 2.37. The number of nitrogens with two attached hydrogens (primary N) is 1. The molecule has 0 aliphatic heterocycles. The number of rotatable bonds is 4. The van der Waals surface area contributed by atoms with Crippen LogP contribution in [0.4, 0.5) is 4.39 Å². The Labute approximate surface area is 64.7 Å². The van der Waals surface area contributed by atoms with Crippen LogP contribution in [0, 0.1) is 0 Å². The van der Waals surface area contributed by atoms with Gasteiger partial charge in [-0.1, -0.05) is 12.2 Å². The Balaban J connectivity index is 4.22. The number of aliphatic carboxylic acids is 1. The summed E-state index contributed by atoms with van der Waals surface area (Å²) in [4.78, 5) is 10.4. The highest BCUT2D eigenvalue weighted by atomic mass is 19.1. The van der Waals surface area contributed by atoms with Gasteiger partial charge in [-0.05, 0) is 13.3 Å². The molecule has 0 aromatic rings. The SMILES string of the molecule is CC=CCC(N)(CF)C(=O)O. The summed E-state index contributed by atoms with van der Waals surface area (Å²) in [5.74, 6) is -1.31. The summed E-state index contributed by atoms with van der Waals surface area (Å²) in [6.45, 7) is 0.674. The first-order valence-electron chi connectivity index (χ1n) is 3.26. The van der Waals surface area contributed by atoms with Gasteiger partial charge in [-0.15, -0.1) is 0 Å². The third kappa shape index (κ3) is 2.67. The lowest BCUT2D eigenvalue weighted by molar-refractivity contribution is -0.143. The molecule has 3 N–H and O–H groups in total. The van der Waals surface area contributed by atoms with Crippen LogP contribution < -0.4 is 5.73 Å². The molecule has 1 atom stereocenters. The molecular formula is C7H12FNO2. The predicted molar refractivity (Wildman–Crippen MR) is 40.0 cm³/mol. The van der Waals surface area contributed by atoms with Crippen LogP contribution in [0.3, 0.4) is 0 Å². The van der Waals surface area contributed by atoms with E-state index in [-0.39, 0.29) is 6.42 Å². The first kappa shape index (κ1) is 10.1. The Morgan fingerprint density at radius 3 is 2.64 bits per heavy atom. The van der Waals surface area contributed by atoms with Crippen molar-refractivity contribution in [3.63, 3.8) is 0 Å². The quantitative estimate of drug-likeness (QED) is 0.596. The Bertz CT molecular complexity index is 170. The first-order chi connectivity index (χ1) is 5.06. The maximum absolute atomic E-state index is 12.1. The predicted octanol–water partition coefficient (Wildman–Crippen LogP) is 0.704. The Morgan fingerprint density at radius 2 is 2.36 bits per heavy atom. The van der Waals surface area contributed by atoms with E-state index in [1.54, 1.807) is 13.0 Å².